The zero-order chi connectivity index (χ0) is 24.5. The second-order valence-electron chi connectivity index (χ2n) is 8.35. The van der Waals surface area contributed by atoms with Gasteiger partial charge >= 0.3 is 0 Å². The quantitative estimate of drug-likeness (QED) is 0.377. The van der Waals surface area contributed by atoms with E-state index >= 15 is 0 Å². The van der Waals surface area contributed by atoms with Gasteiger partial charge in [-0.2, -0.15) is 0 Å². The molecule has 1 aliphatic heterocycles. The van der Waals surface area contributed by atoms with Gasteiger partial charge in [-0.25, -0.2) is 9.37 Å². The van der Waals surface area contributed by atoms with Crippen molar-refractivity contribution in [3.63, 3.8) is 0 Å². The summed E-state index contributed by atoms with van der Waals surface area (Å²) in [6.45, 7) is 0. The summed E-state index contributed by atoms with van der Waals surface area (Å²) in [6, 6.07) is 11.8. The summed E-state index contributed by atoms with van der Waals surface area (Å²) in [7, 11) is 3.11. The molecular formula is C26H24FN3O4S. The number of H-pyrrole nitrogens is 1. The average Bonchev–Trinajstić information content (AvgIpc) is 2.86. The van der Waals surface area contributed by atoms with Crippen molar-refractivity contribution in [2.75, 3.05) is 19.5 Å². The number of anilines is 1. The Kier molecular flexibility index (Phi) is 6.34. The van der Waals surface area contributed by atoms with E-state index in [1.54, 1.807) is 50.6 Å². The number of aromatic nitrogens is 2. The van der Waals surface area contributed by atoms with Crippen LogP contribution in [0.3, 0.4) is 0 Å². The fourth-order valence-electron chi connectivity index (χ4n) is 4.65. The van der Waals surface area contributed by atoms with Crippen molar-refractivity contribution in [1.82, 2.24) is 9.97 Å². The highest BCUT2D eigenvalue weighted by Gasteiger charge is 2.39. The smallest absolute Gasteiger partial charge is 0.257 e. The standard InChI is InChI=1S/C26H24FN3O4S/c1-33-15-10-11-20(34-2)16(12-15)21-22-18(8-5-9-19(22)31)28-24-23(21)25(32)30-26(29-24)35-13-14-6-3-4-7-17(14)27/h3-4,6-7,10-12,21H,5,8-9,13H2,1-2H3,(H2,28,29,30,32)/t21-/m0/s1. The van der Waals surface area contributed by atoms with Gasteiger partial charge in [0.2, 0.25) is 0 Å². The van der Waals surface area contributed by atoms with Crippen LogP contribution < -0.4 is 20.3 Å². The molecule has 0 bridgehead atoms. The summed E-state index contributed by atoms with van der Waals surface area (Å²) < 4.78 is 25.1. The van der Waals surface area contributed by atoms with E-state index in [2.05, 4.69) is 15.3 Å². The van der Waals surface area contributed by atoms with E-state index in [0.717, 1.165) is 12.1 Å². The van der Waals surface area contributed by atoms with Gasteiger partial charge in [0, 0.05) is 29.0 Å². The maximum atomic E-state index is 14.1. The lowest BCUT2D eigenvalue weighted by atomic mass is 9.76. The first-order valence-electron chi connectivity index (χ1n) is 11.3. The number of Topliss-reactive ketones (excluding diaryl/α,β-unsaturated/α-hetero) is 1. The predicted molar refractivity (Wildman–Crippen MR) is 132 cm³/mol. The molecule has 0 saturated carbocycles. The molecule has 1 aromatic heterocycles. The van der Waals surface area contributed by atoms with Gasteiger partial charge in [0.1, 0.15) is 23.1 Å². The van der Waals surface area contributed by atoms with Crippen LogP contribution in [0.15, 0.2) is 63.7 Å². The van der Waals surface area contributed by atoms with Crippen LogP contribution in [0, 0.1) is 5.82 Å². The molecule has 2 heterocycles. The Morgan fingerprint density at radius 1 is 1.11 bits per heavy atom. The normalized spacial score (nSPS) is 16.9. The minimum absolute atomic E-state index is 0.00308. The van der Waals surface area contributed by atoms with Crippen molar-refractivity contribution in [3.05, 3.63) is 86.6 Å². The first kappa shape index (κ1) is 23.2. The number of hydrogen-bond acceptors (Lipinski definition) is 7. The maximum Gasteiger partial charge on any atom is 0.257 e. The number of methoxy groups -OCH3 is 2. The van der Waals surface area contributed by atoms with E-state index in [0.29, 0.717) is 63.3 Å². The third-order valence-electron chi connectivity index (χ3n) is 6.31. The molecule has 0 spiro atoms. The number of fused-ring (bicyclic) bond motifs is 1. The Morgan fingerprint density at radius 3 is 2.71 bits per heavy atom. The van der Waals surface area contributed by atoms with Crippen LogP contribution in [0.5, 0.6) is 11.5 Å². The van der Waals surface area contributed by atoms with Crippen LogP contribution >= 0.6 is 11.8 Å². The van der Waals surface area contributed by atoms with Crippen molar-refractivity contribution in [2.45, 2.75) is 36.1 Å². The van der Waals surface area contributed by atoms with Gasteiger partial charge in [-0.15, -0.1) is 0 Å². The van der Waals surface area contributed by atoms with Gasteiger partial charge in [-0.05, 0) is 42.7 Å². The van der Waals surface area contributed by atoms with Crippen molar-refractivity contribution in [1.29, 1.82) is 0 Å². The van der Waals surface area contributed by atoms with Crippen LogP contribution in [-0.2, 0) is 10.5 Å². The molecule has 2 N–H and O–H groups in total. The molecule has 7 nitrogen and oxygen atoms in total. The Bertz CT molecular complexity index is 1400. The molecular weight excluding hydrogens is 469 g/mol. The topological polar surface area (TPSA) is 93.3 Å². The Hall–Kier alpha value is -3.59. The van der Waals surface area contributed by atoms with Crippen LogP contribution in [0.1, 0.15) is 41.9 Å². The van der Waals surface area contributed by atoms with E-state index in [9.17, 15) is 14.0 Å². The number of ether oxygens (including phenoxy) is 2. The molecule has 3 aromatic rings. The number of nitrogens with zero attached hydrogens (tertiary/aromatic N) is 1. The maximum absolute atomic E-state index is 14.1. The zero-order valence-corrected chi connectivity index (χ0v) is 20.1. The SMILES string of the molecule is COc1ccc(OC)c([C@H]2C3=C(CCCC3=O)Nc3nc(SCc4ccccc4F)[nH]c(=O)c32)c1. The van der Waals surface area contributed by atoms with Gasteiger partial charge in [0.25, 0.3) is 5.56 Å². The number of carbonyl (C=O) groups is 1. The molecule has 180 valence electrons. The number of thioether (sulfide) groups is 1. The van der Waals surface area contributed by atoms with Gasteiger partial charge in [0.15, 0.2) is 10.9 Å². The minimum atomic E-state index is -0.652. The van der Waals surface area contributed by atoms with E-state index in [4.69, 9.17) is 9.47 Å². The molecule has 9 heteroatoms. The van der Waals surface area contributed by atoms with Gasteiger partial charge in [-0.1, -0.05) is 30.0 Å². The number of allylic oxidation sites excluding steroid dienone is 2. The highest BCUT2D eigenvalue weighted by Crippen LogP contribution is 2.46. The van der Waals surface area contributed by atoms with Crippen molar-refractivity contribution in [2.24, 2.45) is 0 Å². The molecule has 2 aliphatic rings. The zero-order valence-electron chi connectivity index (χ0n) is 19.3. The van der Waals surface area contributed by atoms with Crippen molar-refractivity contribution in [3.8, 4) is 11.5 Å². The van der Waals surface area contributed by atoms with Gasteiger partial charge in [-0.3, -0.25) is 9.59 Å². The van der Waals surface area contributed by atoms with E-state index in [-0.39, 0.29) is 17.2 Å². The lowest BCUT2D eigenvalue weighted by molar-refractivity contribution is -0.116. The summed E-state index contributed by atoms with van der Waals surface area (Å²) in [5, 5.41) is 3.62. The lowest BCUT2D eigenvalue weighted by Gasteiger charge is -2.33. The lowest BCUT2D eigenvalue weighted by Crippen LogP contribution is -2.33. The minimum Gasteiger partial charge on any atom is -0.497 e. The number of carbonyl (C=O) groups excluding carboxylic acids is 1. The average molecular weight is 494 g/mol. The van der Waals surface area contributed by atoms with Crippen molar-refractivity contribution >= 4 is 23.4 Å². The van der Waals surface area contributed by atoms with E-state index < -0.39 is 5.92 Å². The van der Waals surface area contributed by atoms with Gasteiger partial charge < -0.3 is 19.8 Å². The fourth-order valence-corrected chi connectivity index (χ4v) is 5.49. The second kappa shape index (κ2) is 9.58. The molecule has 0 saturated heterocycles. The molecule has 0 amide bonds. The Labute approximate surface area is 205 Å². The number of rotatable bonds is 6. The van der Waals surface area contributed by atoms with Crippen LogP contribution in [0.25, 0.3) is 0 Å². The predicted octanol–water partition coefficient (Wildman–Crippen LogP) is 4.78. The third kappa shape index (κ3) is 4.32. The summed E-state index contributed by atoms with van der Waals surface area (Å²) >= 11 is 1.24. The number of benzene rings is 2. The number of nitrogens with one attached hydrogen (secondary N) is 2. The molecule has 1 atom stereocenters. The fraction of sp³-hybridized carbons (Fsp3) is 0.269. The Balaban J connectivity index is 1.62. The monoisotopic (exact) mass is 493 g/mol. The molecule has 0 fully saturated rings. The van der Waals surface area contributed by atoms with Crippen LogP contribution in [-0.4, -0.2) is 30.0 Å². The largest absolute Gasteiger partial charge is 0.497 e. The molecule has 5 rings (SSSR count). The Morgan fingerprint density at radius 2 is 1.94 bits per heavy atom. The molecule has 2 aromatic carbocycles. The molecule has 0 radical (unpaired) electrons. The summed E-state index contributed by atoms with van der Waals surface area (Å²) in [5.41, 5.74) is 2.50. The number of hydrogen-bond donors (Lipinski definition) is 2. The highest BCUT2D eigenvalue weighted by atomic mass is 32.2. The van der Waals surface area contributed by atoms with E-state index in [1.165, 1.54) is 17.8 Å². The van der Waals surface area contributed by atoms with Crippen LogP contribution in [0.4, 0.5) is 10.2 Å². The second-order valence-corrected chi connectivity index (χ2v) is 9.31. The molecule has 0 unspecified atom stereocenters. The molecule has 1 aliphatic carbocycles. The molecule has 35 heavy (non-hydrogen) atoms. The number of aromatic amines is 1. The summed E-state index contributed by atoms with van der Waals surface area (Å²) in [4.78, 5) is 34.1. The summed E-state index contributed by atoms with van der Waals surface area (Å²) in [6.07, 6.45) is 1.82. The van der Waals surface area contributed by atoms with Gasteiger partial charge in [0.05, 0.1) is 25.7 Å². The first-order valence-corrected chi connectivity index (χ1v) is 12.2. The van der Waals surface area contributed by atoms with Crippen LogP contribution in [0.2, 0.25) is 0 Å². The first-order chi connectivity index (χ1) is 17.0. The van der Waals surface area contributed by atoms with E-state index in [1.807, 2.05) is 0 Å². The number of halogens is 1. The number of ketones is 1. The third-order valence-corrected chi connectivity index (χ3v) is 7.23. The van der Waals surface area contributed by atoms with Crippen molar-refractivity contribution < 1.29 is 18.7 Å². The highest BCUT2D eigenvalue weighted by molar-refractivity contribution is 7.98. The summed E-state index contributed by atoms with van der Waals surface area (Å²) in [5.74, 6) is 0.887.